The molecule has 3 rings (SSSR count). The molecular weight excluding hydrogens is 302 g/mol. The lowest BCUT2D eigenvalue weighted by Gasteiger charge is -2.09. The number of methoxy groups -OCH3 is 2. The SMILES string of the molecule is COc1cccc(/C=C/c2cc(=O)n3ncsc3n2)c1OC. The van der Waals surface area contributed by atoms with Gasteiger partial charge in [0.25, 0.3) is 5.56 Å². The lowest BCUT2D eigenvalue weighted by molar-refractivity contribution is 0.354. The van der Waals surface area contributed by atoms with Gasteiger partial charge < -0.3 is 9.47 Å². The normalized spacial score (nSPS) is 11.2. The Morgan fingerprint density at radius 1 is 1.23 bits per heavy atom. The van der Waals surface area contributed by atoms with E-state index in [1.165, 1.54) is 21.9 Å². The summed E-state index contributed by atoms with van der Waals surface area (Å²) in [6.45, 7) is 0. The number of aromatic nitrogens is 3. The van der Waals surface area contributed by atoms with Crippen LogP contribution in [-0.2, 0) is 0 Å². The first-order chi connectivity index (χ1) is 10.7. The summed E-state index contributed by atoms with van der Waals surface area (Å²) in [5, 5.41) is 3.93. The van der Waals surface area contributed by atoms with E-state index < -0.39 is 0 Å². The van der Waals surface area contributed by atoms with E-state index in [-0.39, 0.29) is 5.56 Å². The van der Waals surface area contributed by atoms with E-state index in [0.29, 0.717) is 22.2 Å². The van der Waals surface area contributed by atoms with Gasteiger partial charge in [-0.3, -0.25) is 4.79 Å². The fraction of sp³-hybridized carbons (Fsp3) is 0.133. The summed E-state index contributed by atoms with van der Waals surface area (Å²) in [6, 6.07) is 7.03. The molecular formula is C15H13N3O3S. The fourth-order valence-electron chi connectivity index (χ4n) is 2.08. The molecule has 0 atom stereocenters. The first kappa shape index (κ1) is 14.3. The zero-order valence-electron chi connectivity index (χ0n) is 12.0. The Balaban J connectivity index is 2.01. The standard InChI is InChI=1S/C15H13N3O3S/c1-20-12-5-3-4-10(14(12)21-2)6-7-11-8-13(19)18-15(17-11)22-9-16-18/h3-9H,1-2H3/b7-6+. The molecule has 0 aliphatic carbocycles. The largest absolute Gasteiger partial charge is 0.493 e. The molecule has 0 fully saturated rings. The molecule has 0 unspecified atom stereocenters. The molecule has 0 saturated carbocycles. The van der Waals surface area contributed by atoms with Crippen LogP contribution in [0.25, 0.3) is 17.1 Å². The molecule has 0 bridgehead atoms. The maximum Gasteiger partial charge on any atom is 0.275 e. The third-order valence-corrected chi connectivity index (χ3v) is 3.75. The van der Waals surface area contributed by atoms with Crippen LogP contribution in [0.3, 0.4) is 0 Å². The summed E-state index contributed by atoms with van der Waals surface area (Å²) in [7, 11) is 3.18. The minimum atomic E-state index is -0.205. The van der Waals surface area contributed by atoms with Gasteiger partial charge in [-0.2, -0.15) is 9.61 Å². The van der Waals surface area contributed by atoms with Gasteiger partial charge >= 0.3 is 0 Å². The highest BCUT2D eigenvalue weighted by Gasteiger charge is 2.07. The number of hydrogen-bond acceptors (Lipinski definition) is 6. The molecule has 0 saturated heterocycles. The monoisotopic (exact) mass is 315 g/mol. The van der Waals surface area contributed by atoms with Gasteiger partial charge in [-0.1, -0.05) is 23.5 Å². The van der Waals surface area contributed by atoms with Crippen LogP contribution in [0.15, 0.2) is 34.6 Å². The maximum absolute atomic E-state index is 11.9. The van der Waals surface area contributed by atoms with Crippen molar-refractivity contribution in [2.75, 3.05) is 14.2 Å². The topological polar surface area (TPSA) is 65.7 Å². The number of fused-ring (bicyclic) bond motifs is 1. The highest BCUT2D eigenvalue weighted by Crippen LogP contribution is 2.31. The van der Waals surface area contributed by atoms with Crippen molar-refractivity contribution in [1.29, 1.82) is 0 Å². The first-order valence-corrected chi connectivity index (χ1v) is 7.33. The van der Waals surface area contributed by atoms with E-state index >= 15 is 0 Å². The molecule has 6 nitrogen and oxygen atoms in total. The maximum atomic E-state index is 11.9. The van der Waals surface area contributed by atoms with Crippen molar-refractivity contribution >= 4 is 28.4 Å². The van der Waals surface area contributed by atoms with Crippen molar-refractivity contribution in [3.05, 3.63) is 51.4 Å². The van der Waals surface area contributed by atoms with Crippen molar-refractivity contribution < 1.29 is 9.47 Å². The highest BCUT2D eigenvalue weighted by molar-refractivity contribution is 7.14. The van der Waals surface area contributed by atoms with Gasteiger partial charge in [0.1, 0.15) is 5.51 Å². The van der Waals surface area contributed by atoms with Crippen LogP contribution < -0.4 is 15.0 Å². The average molecular weight is 315 g/mol. The van der Waals surface area contributed by atoms with E-state index in [0.717, 1.165) is 5.56 Å². The Bertz CT molecular complexity index is 898. The second kappa shape index (κ2) is 5.98. The number of ether oxygens (including phenoxy) is 2. The zero-order chi connectivity index (χ0) is 15.5. The van der Waals surface area contributed by atoms with E-state index in [9.17, 15) is 4.79 Å². The number of rotatable bonds is 4. The fourth-order valence-corrected chi connectivity index (χ4v) is 2.71. The van der Waals surface area contributed by atoms with Gasteiger partial charge in [0.05, 0.1) is 19.9 Å². The zero-order valence-corrected chi connectivity index (χ0v) is 12.8. The van der Waals surface area contributed by atoms with Crippen LogP contribution in [0, 0.1) is 0 Å². The molecule has 0 spiro atoms. The van der Waals surface area contributed by atoms with E-state index in [1.807, 2.05) is 24.3 Å². The predicted molar refractivity (Wildman–Crippen MR) is 85.6 cm³/mol. The van der Waals surface area contributed by atoms with E-state index in [2.05, 4.69) is 10.1 Å². The van der Waals surface area contributed by atoms with Crippen molar-refractivity contribution in [3.63, 3.8) is 0 Å². The number of para-hydroxylation sites is 1. The van der Waals surface area contributed by atoms with Gasteiger partial charge in [0.15, 0.2) is 11.5 Å². The number of hydrogen-bond donors (Lipinski definition) is 0. The first-order valence-electron chi connectivity index (χ1n) is 6.45. The van der Waals surface area contributed by atoms with Crippen LogP contribution in [0.5, 0.6) is 11.5 Å². The Kier molecular flexibility index (Phi) is 3.88. The minimum Gasteiger partial charge on any atom is -0.493 e. The highest BCUT2D eigenvalue weighted by atomic mass is 32.1. The lowest BCUT2D eigenvalue weighted by Crippen LogP contribution is -2.13. The molecule has 1 aromatic carbocycles. The molecule has 0 N–H and O–H groups in total. The predicted octanol–water partition coefficient (Wildman–Crippen LogP) is 2.34. The summed E-state index contributed by atoms with van der Waals surface area (Å²) in [6.07, 6.45) is 3.60. The van der Waals surface area contributed by atoms with Crippen molar-refractivity contribution in [1.82, 2.24) is 14.6 Å². The molecule has 0 amide bonds. The molecule has 0 aliphatic heterocycles. The summed E-state index contributed by atoms with van der Waals surface area (Å²) < 4.78 is 11.9. The summed E-state index contributed by atoms with van der Waals surface area (Å²) in [5.41, 5.74) is 2.79. The summed E-state index contributed by atoms with van der Waals surface area (Å²) in [5.74, 6) is 1.28. The average Bonchev–Trinajstić information content (AvgIpc) is 3.01. The molecule has 2 aromatic heterocycles. The molecule has 7 heteroatoms. The van der Waals surface area contributed by atoms with Gasteiger partial charge in [-0.15, -0.1) is 0 Å². The van der Waals surface area contributed by atoms with Gasteiger partial charge in [-0.25, -0.2) is 4.98 Å². The molecule has 22 heavy (non-hydrogen) atoms. The molecule has 3 aromatic rings. The molecule has 112 valence electrons. The van der Waals surface area contributed by atoms with E-state index in [1.54, 1.807) is 25.8 Å². The van der Waals surface area contributed by atoms with Crippen molar-refractivity contribution in [2.24, 2.45) is 0 Å². The van der Waals surface area contributed by atoms with Crippen LogP contribution in [0.1, 0.15) is 11.3 Å². The van der Waals surface area contributed by atoms with Crippen LogP contribution in [0.2, 0.25) is 0 Å². The van der Waals surface area contributed by atoms with Crippen LogP contribution in [-0.4, -0.2) is 28.8 Å². The smallest absolute Gasteiger partial charge is 0.275 e. The quantitative estimate of drug-likeness (QED) is 0.739. The van der Waals surface area contributed by atoms with Crippen molar-refractivity contribution in [3.8, 4) is 11.5 Å². The lowest BCUT2D eigenvalue weighted by atomic mass is 10.1. The third kappa shape index (κ3) is 2.58. The molecule has 0 aliphatic rings. The summed E-state index contributed by atoms with van der Waals surface area (Å²) in [4.78, 5) is 16.8. The Morgan fingerprint density at radius 2 is 2.09 bits per heavy atom. The minimum absolute atomic E-state index is 0.205. The Labute approximate surface area is 130 Å². The summed E-state index contributed by atoms with van der Waals surface area (Å²) >= 11 is 1.31. The molecule has 0 radical (unpaired) electrons. The van der Waals surface area contributed by atoms with Gasteiger partial charge in [-0.05, 0) is 18.2 Å². The number of benzene rings is 1. The molecule has 2 heterocycles. The second-order valence-corrected chi connectivity index (χ2v) is 5.18. The third-order valence-electron chi connectivity index (χ3n) is 3.07. The van der Waals surface area contributed by atoms with Crippen LogP contribution in [0.4, 0.5) is 0 Å². The second-order valence-electron chi connectivity index (χ2n) is 4.37. The Hall–Kier alpha value is -2.67. The van der Waals surface area contributed by atoms with E-state index in [4.69, 9.17) is 9.47 Å². The van der Waals surface area contributed by atoms with Crippen LogP contribution >= 0.6 is 11.3 Å². The van der Waals surface area contributed by atoms with Gasteiger partial charge in [0.2, 0.25) is 4.96 Å². The Morgan fingerprint density at radius 3 is 2.86 bits per heavy atom. The van der Waals surface area contributed by atoms with Gasteiger partial charge in [0, 0.05) is 11.6 Å². The number of nitrogens with zero attached hydrogens (tertiary/aromatic N) is 3. The van der Waals surface area contributed by atoms with Crippen molar-refractivity contribution in [2.45, 2.75) is 0 Å².